The molecule has 1 N–H and O–H groups in total. The lowest BCUT2D eigenvalue weighted by Crippen LogP contribution is -2.62. The predicted octanol–water partition coefficient (Wildman–Crippen LogP) is 3.25. The molecule has 2 fully saturated rings. The molecule has 0 radical (unpaired) electrons. The molecule has 2 aliphatic heterocycles. The van der Waals surface area contributed by atoms with Gasteiger partial charge in [-0.05, 0) is 44.9 Å². The Morgan fingerprint density at radius 1 is 1.30 bits per heavy atom. The molecule has 0 aliphatic carbocycles. The number of nitrogens with zero attached hydrogens (tertiary/aromatic N) is 1. The van der Waals surface area contributed by atoms with Gasteiger partial charge in [-0.3, -0.25) is 4.79 Å². The van der Waals surface area contributed by atoms with E-state index < -0.39 is 11.0 Å². The van der Waals surface area contributed by atoms with Crippen LogP contribution in [0.5, 0.6) is 0 Å². The van der Waals surface area contributed by atoms with Crippen LogP contribution in [0.4, 0.5) is 4.79 Å². The van der Waals surface area contributed by atoms with Crippen LogP contribution in [0.25, 0.3) is 0 Å². The van der Waals surface area contributed by atoms with Crippen LogP contribution < -0.4 is 5.32 Å². The van der Waals surface area contributed by atoms with Crippen molar-refractivity contribution in [1.29, 1.82) is 0 Å². The van der Waals surface area contributed by atoms with Gasteiger partial charge in [0.25, 0.3) is 0 Å². The van der Waals surface area contributed by atoms with E-state index in [1.54, 1.807) is 4.90 Å². The van der Waals surface area contributed by atoms with Crippen LogP contribution in [0.15, 0.2) is 28.7 Å². The Balaban J connectivity index is 1.64. The van der Waals surface area contributed by atoms with E-state index >= 15 is 0 Å². The molecule has 3 rings (SSSR count). The van der Waals surface area contributed by atoms with Crippen LogP contribution in [-0.4, -0.2) is 35.6 Å². The van der Waals surface area contributed by atoms with Gasteiger partial charge < -0.3 is 15.0 Å². The van der Waals surface area contributed by atoms with Crippen molar-refractivity contribution < 1.29 is 14.3 Å². The summed E-state index contributed by atoms with van der Waals surface area (Å²) in [6.07, 6.45) is 0.371. The Morgan fingerprint density at radius 3 is 2.48 bits per heavy atom. The summed E-state index contributed by atoms with van der Waals surface area (Å²) in [5.41, 5.74) is 0.112. The molecule has 1 spiro atoms. The number of carbonyl (C=O) groups is 2. The van der Waals surface area contributed by atoms with Crippen molar-refractivity contribution >= 4 is 27.9 Å². The van der Waals surface area contributed by atoms with Gasteiger partial charge in [-0.2, -0.15) is 0 Å². The van der Waals surface area contributed by atoms with E-state index in [1.807, 2.05) is 45.0 Å². The summed E-state index contributed by atoms with van der Waals surface area (Å²) >= 11 is 3.42. The SMILES string of the molecule is CC(C)(C)OC(=O)N1CC2(CC(c3ccc(Br)cc3)NC2=O)C1. The molecule has 2 aliphatic rings. The molecule has 2 heterocycles. The molecule has 1 atom stereocenters. The highest BCUT2D eigenvalue weighted by Gasteiger charge is 2.56. The van der Waals surface area contributed by atoms with Crippen molar-refractivity contribution in [1.82, 2.24) is 10.2 Å². The number of benzene rings is 1. The molecule has 1 unspecified atom stereocenters. The van der Waals surface area contributed by atoms with Crippen LogP contribution >= 0.6 is 15.9 Å². The second-order valence-corrected chi connectivity index (χ2v) is 8.31. The zero-order valence-corrected chi connectivity index (χ0v) is 15.1. The van der Waals surface area contributed by atoms with Gasteiger partial charge in [-0.25, -0.2) is 4.79 Å². The molecule has 0 saturated carbocycles. The fraction of sp³-hybridized carbons (Fsp3) is 0.529. The molecular weight excluding hydrogens is 360 g/mol. The fourth-order valence-corrected chi connectivity index (χ4v) is 3.42. The number of amides is 2. The van der Waals surface area contributed by atoms with Gasteiger partial charge in [0, 0.05) is 17.6 Å². The number of nitrogens with one attached hydrogen (secondary N) is 1. The second-order valence-electron chi connectivity index (χ2n) is 7.40. The van der Waals surface area contributed by atoms with Gasteiger partial charge in [-0.15, -0.1) is 0 Å². The minimum absolute atomic E-state index is 0.0105. The average Bonchev–Trinajstić information content (AvgIpc) is 2.73. The van der Waals surface area contributed by atoms with Crippen molar-refractivity contribution in [3.05, 3.63) is 34.3 Å². The molecule has 2 amide bonds. The van der Waals surface area contributed by atoms with Crippen LogP contribution in [0.1, 0.15) is 38.8 Å². The fourth-order valence-electron chi connectivity index (χ4n) is 3.15. The summed E-state index contributed by atoms with van der Waals surface area (Å²) in [6, 6.07) is 7.98. The van der Waals surface area contributed by atoms with Crippen molar-refractivity contribution in [2.24, 2.45) is 5.41 Å². The Hall–Kier alpha value is -1.56. The third-order valence-electron chi connectivity index (χ3n) is 4.29. The van der Waals surface area contributed by atoms with Gasteiger partial charge >= 0.3 is 6.09 Å². The van der Waals surface area contributed by atoms with Crippen molar-refractivity contribution in [3.8, 4) is 0 Å². The number of hydrogen-bond acceptors (Lipinski definition) is 3. The maximum atomic E-state index is 12.4. The molecule has 5 nitrogen and oxygen atoms in total. The molecule has 0 bridgehead atoms. The van der Waals surface area contributed by atoms with E-state index in [0.717, 1.165) is 10.0 Å². The van der Waals surface area contributed by atoms with E-state index in [4.69, 9.17) is 4.74 Å². The van der Waals surface area contributed by atoms with E-state index in [2.05, 4.69) is 21.2 Å². The smallest absolute Gasteiger partial charge is 0.410 e. The van der Waals surface area contributed by atoms with Gasteiger partial charge in [0.15, 0.2) is 0 Å². The molecule has 23 heavy (non-hydrogen) atoms. The maximum absolute atomic E-state index is 12.4. The Morgan fingerprint density at radius 2 is 1.91 bits per heavy atom. The molecule has 2 saturated heterocycles. The summed E-state index contributed by atoms with van der Waals surface area (Å²) in [5, 5.41) is 3.06. The zero-order chi connectivity index (χ0) is 16.8. The third kappa shape index (κ3) is 3.22. The number of ether oxygens (including phenoxy) is 1. The predicted molar refractivity (Wildman–Crippen MR) is 89.9 cm³/mol. The van der Waals surface area contributed by atoms with Gasteiger partial charge in [0.2, 0.25) is 5.91 Å². The molecule has 1 aromatic rings. The highest BCUT2D eigenvalue weighted by molar-refractivity contribution is 9.10. The van der Waals surface area contributed by atoms with Gasteiger partial charge in [0.05, 0.1) is 11.5 Å². The lowest BCUT2D eigenvalue weighted by molar-refractivity contribution is -0.135. The quantitative estimate of drug-likeness (QED) is 0.813. The molecule has 1 aromatic carbocycles. The van der Waals surface area contributed by atoms with Crippen molar-refractivity contribution in [2.75, 3.05) is 13.1 Å². The maximum Gasteiger partial charge on any atom is 0.410 e. The van der Waals surface area contributed by atoms with Crippen LogP contribution in [0.2, 0.25) is 0 Å². The van der Waals surface area contributed by atoms with E-state index in [-0.39, 0.29) is 18.0 Å². The largest absolute Gasteiger partial charge is 0.444 e. The summed E-state index contributed by atoms with van der Waals surface area (Å²) < 4.78 is 6.37. The summed E-state index contributed by atoms with van der Waals surface area (Å²) in [6.45, 7) is 6.38. The first-order valence-electron chi connectivity index (χ1n) is 7.73. The van der Waals surface area contributed by atoms with E-state index in [0.29, 0.717) is 19.5 Å². The number of halogens is 1. The Bertz CT molecular complexity index is 630. The zero-order valence-electron chi connectivity index (χ0n) is 13.6. The lowest BCUT2D eigenvalue weighted by atomic mass is 9.76. The second kappa shape index (κ2) is 5.51. The monoisotopic (exact) mass is 380 g/mol. The number of likely N-dealkylation sites (tertiary alicyclic amines) is 1. The van der Waals surface area contributed by atoms with E-state index in [9.17, 15) is 9.59 Å². The van der Waals surface area contributed by atoms with Crippen molar-refractivity contribution in [3.63, 3.8) is 0 Å². The topological polar surface area (TPSA) is 58.6 Å². The molecule has 6 heteroatoms. The minimum Gasteiger partial charge on any atom is -0.444 e. The highest BCUT2D eigenvalue weighted by atomic mass is 79.9. The number of rotatable bonds is 1. The average molecular weight is 381 g/mol. The molecular formula is C17H21BrN2O3. The normalized spacial score (nSPS) is 22.7. The minimum atomic E-state index is -0.516. The van der Waals surface area contributed by atoms with Crippen LogP contribution in [0.3, 0.4) is 0 Å². The van der Waals surface area contributed by atoms with Gasteiger partial charge in [-0.1, -0.05) is 28.1 Å². The van der Waals surface area contributed by atoms with E-state index in [1.165, 1.54) is 0 Å². The lowest BCUT2D eigenvalue weighted by Gasteiger charge is -2.45. The third-order valence-corrected chi connectivity index (χ3v) is 4.82. The first kappa shape index (κ1) is 16.3. The Labute approximate surface area is 144 Å². The first-order valence-corrected chi connectivity index (χ1v) is 8.52. The summed E-state index contributed by atoms with van der Waals surface area (Å²) in [7, 11) is 0. The number of carbonyl (C=O) groups excluding carboxylic acids is 2. The highest BCUT2D eigenvalue weighted by Crippen LogP contribution is 2.44. The van der Waals surface area contributed by atoms with Crippen LogP contribution in [0, 0.1) is 5.41 Å². The van der Waals surface area contributed by atoms with Crippen molar-refractivity contribution in [2.45, 2.75) is 38.8 Å². The van der Waals surface area contributed by atoms with Crippen LogP contribution in [-0.2, 0) is 9.53 Å². The Kier molecular flexibility index (Phi) is 3.91. The molecule has 124 valence electrons. The summed E-state index contributed by atoms with van der Waals surface area (Å²) in [5.74, 6) is 0.0326. The standard InChI is InChI=1S/C17H21BrN2O3/c1-16(2,3)23-15(22)20-9-17(10-20)8-13(19-14(17)21)11-4-6-12(18)7-5-11/h4-7,13H,8-10H2,1-3H3,(H,19,21). The molecule has 0 aromatic heterocycles. The first-order chi connectivity index (χ1) is 10.7. The summed E-state index contributed by atoms with van der Waals surface area (Å²) in [4.78, 5) is 26.0. The number of hydrogen-bond donors (Lipinski definition) is 1. The van der Waals surface area contributed by atoms with Gasteiger partial charge in [0.1, 0.15) is 5.60 Å².